The van der Waals surface area contributed by atoms with Crippen LogP contribution in [0.4, 0.5) is 22.7 Å². The number of thiophene rings is 2. The van der Waals surface area contributed by atoms with E-state index in [2.05, 4.69) is 80.1 Å². The number of carbonyl (C=O) groups excluding carboxylic acids is 1. The first-order chi connectivity index (χ1) is 29.3. The minimum absolute atomic E-state index is 0.00264. The molecule has 6 aromatic rings. The number of benzene rings is 2. The van der Waals surface area contributed by atoms with Crippen molar-refractivity contribution in [2.75, 3.05) is 74.8 Å². The lowest BCUT2D eigenvalue weighted by molar-refractivity contribution is -0.131. The van der Waals surface area contributed by atoms with Crippen molar-refractivity contribution >= 4 is 51.2 Å². The van der Waals surface area contributed by atoms with E-state index in [1.54, 1.807) is 47.5 Å². The molecule has 0 bridgehead atoms. The zero-order valence-corrected chi connectivity index (χ0v) is 35.4. The molecule has 2 fully saturated rings. The molecule has 0 aliphatic carbocycles. The van der Waals surface area contributed by atoms with Crippen molar-refractivity contribution < 1.29 is 14.3 Å². The van der Waals surface area contributed by atoms with Gasteiger partial charge in [0, 0.05) is 58.2 Å². The summed E-state index contributed by atoms with van der Waals surface area (Å²) in [5, 5.41) is 3.83. The molecule has 2 saturated heterocycles. The van der Waals surface area contributed by atoms with E-state index >= 15 is 0 Å². The second-order valence-electron chi connectivity index (χ2n) is 16.3. The van der Waals surface area contributed by atoms with Crippen LogP contribution in [0.15, 0.2) is 84.1 Å². The normalized spacial score (nSPS) is 22.1. The molecule has 4 N–H and O–H groups in total. The van der Waals surface area contributed by atoms with Gasteiger partial charge < -0.3 is 30.7 Å². The maximum Gasteiger partial charge on any atom is 0.143 e. The van der Waals surface area contributed by atoms with Crippen molar-refractivity contribution in [1.82, 2.24) is 29.7 Å². The molecular weight excluding hydrogens is 793 g/mol. The van der Waals surface area contributed by atoms with Gasteiger partial charge in [-0.3, -0.25) is 24.6 Å². The van der Waals surface area contributed by atoms with Gasteiger partial charge in [-0.05, 0) is 76.2 Å². The molecule has 0 amide bonds. The summed E-state index contributed by atoms with van der Waals surface area (Å²) in [5.41, 5.74) is 20.5. The average molecular weight is 841 g/mol. The fourth-order valence-electron chi connectivity index (χ4n) is 9.34. The number of ether oxygens (including phenoxy) is 2. The predicted molar refractivity (Wildman–Crippen MR) is 239 cm³/mol. The van der Waals surface area contributed by atoms with Gasteiger partial charge >= 0.3 is 0 Å². The molecule has 0 saturated carbocycles. The summed E-state index contributed by atoms with van der Waals surface area (Å²) in [6.07, 6.45) is 10.6. The average Bonchev–Trinajstić information content (AvgIpc) is 3.94. The van der Waals surface area contributed by atoms with Gasteiger partial charge in [-0.2, -0.15) is 0 Å². The second kappa shape index (κ2) is 16.1. The molecule has 4 aromatic heterocycles. The third kappa shape index (κ3) is 7.44. The number of nitrogens with zero attached hydrogens (tertiary/aromatic N) is 8. The molecule has 4 atom stereocenters. The van der Waals surface area contributed by atoms with Crippen molar-refractivity contribution in [3.8, 4) is 55.2 Å². The fourth-order valence-corrected chi connectivity index (χ4v) is 10.8. The first-order valence-corrected chi connectivity index (χ1v) is 22.4. The number of Topliss-reactive ketones (excluding diaryl/α,β-unsaturated/α-hetero) is 1. The number of rotatable bonds is 8. The maximum absolute atomic E-state index is 14.6. The molecule has 8 heterocycles. The topological polar surface area (TPSA) is 152 Å². The van der Waals surface area contributed by atoms with Crippen molar-refractivity contribution in [2.45, 2.75) is 38.0 Å². The molecule has 15 heteroatoms. The highest BCUT2D eigenvalue weighted by atomic mass is 32.1. The molecule has 2 aromatic carbocycles. The Morgan fingerprint density at radius 1 is 0.633 bits per heavy atom. The van der Waals surface area contributed by atoms with Crippen LogP contribution in [0.25, 0.3) is 43.7 Å². The molecule has 0 spiro atoms. The van der Waals surface area contributed by atoms with Crippen molar-refractivity contribution in [2.24, 2.45) is 11.8 Å². The van der Waals surface area contributed by atoms with Gasteiger partial charge in [0.05, 0.1) is 94.1 Å². The molecule has 308 valence electrons. The largest absolute Gasteiger partial charge is 0.490 e. The number of nitrogens with two attached hydrogens (primary N) is 2. The van der Waals surface area contributed by atoms with Crippen LogP contribution >= 0.6 is 22.7 Å². The van der Waals surface area contributed by atoms with Gasteiger partial charge in [0.2, 0.25) is 0 Å². The van der Waals surface area contributed by atoms with E-state index < -0.39 is 0 Å². The Balaban J connectivity index is 0.836. The predicted octanol–water partition coefficient (Wildman–Crippen LogP) is 7.22. The standard InChI is InChI=1S/C45H48N10O3S2/c1-52-9-7-29(17-43(52)54-11-13-57-39-15-27(3-5-37(39)54)33-21-48-23-35(50-33)41-19-31(46)25-59-41)45(56)30-8-10-53(2)44(18-30)55-12-14-58-40-16-28(4-6-38(40)55)34-22-49-24-36(51-34)42-20-32(47)26-60-42/h3-6,15-16,19-26,29-30,43-44H,7-14,17-18,46-47H2,1-2H3. The minimum atomic E-state index is -0.00264. The lowest BCUT2D eigenvalue weighted by Crippen LogP contribution is -2.56. The number of piperidine rings is 2. The number of aromatic nitrogens is 4. The second-order valence-corrected chi connectivity index (χ2v) is 18.1. The van der Waals surface area contributed by atoms with Crippen LogP contribution in [0, 0.1) is 11.8 Å². The lowest BCUT2D eigenvalue weighted by Gasteiger charge is -2.48. The van der Waals surface area contributed by atoms with Crippen LogP contribution < -0.4 is 30.7 Å². The number of likely N-dealkylation sites (tertiary alicyclic amines) is 2. The lowest BCUT2D eigenvalue weighted by atomic mass is 9.79. The van der Waals surface area contributed by atoms with Crippen LogP contribution in [-0.4, -0.2) is 101 Å². The number of hydrogen-bond donors (Lipinski definition) is 2. The molecule has 4 aliphatic heterocycles. The van der Waals surface area contributed by atoms with Gasteiger partial charge in [-0.25, -0.2) is 9.97 Å². The van der Waals surface area contributed by atoms with Gasteiger partial charge in [0.15, 0.2) is 0 Å². The highest BCUT2D eigenvalue weighted by Gasteiger charge is 2.42. The number of anilines is 4. The monoisotopic (exact) mass is 840 g/mol. The van der Waals surface area contributed by atoms with Gasteiger partial charge in [0.25, 0.3) is 0 Å². The Morgan fingerprint density at radius 2 is 1.08 bits per heavy atom. The van der Waals surface area contributed by atoms with E-state index in [1.807, 2.05) is 22.9 Å². The van der Waals surface area contributed by atoms with E-state index in [0.29, 0.717) is 19.0 Å². The Labute approximate surface area is 357 Å². The van der Waals surface area contributed by atoms with Crippen LogP contribution in [0.3, 0.4) is 0 Å². The Bertz CT molecular complexity index is 2370. The van der Waals surface area contributed by atoms with Crippen LogP contribution in [-0.2, 0) is 4.79 Å². The Morgan fingerprint density at radius 3 is 1.52 bits per heavy atom. The quantitative estimate of drug-likeness (QED) is 0.159. The molecule has 60 heavy (non-hydrogen) atoms. The summed E-state index contributed by atoms with van der Waals surface area (Å²) in [7, 11) is 4.37. The fraction of sp³-hybridized carbons (Fsp3) is 0.356. The van der Waals surface area contributed by atoms with E-state index in [9.17, 15) is 4.79 Å². The van der Waals surface area contributed by atoms with Crippen LogP contribution in [0.1, 0.15) is 25.7 Å². The summed E-state index contributed by atoms with van der Waals surface area (Å²) < 4.78 is 12.5. The Hall–Kier alpha value is -5.61. The zero-order valence-electron chi connectivity index (χ0n) is 33.7. The van der Waals surface area contributed by atoms with Gasteiger partial charge in [-0.1, -0.05) is 12.1 Å². The van der Waals surface area contributed by atoms with Crippen molar-refractivity contribution in [3.05, 3.63) is 84.1 Å². The van der Waals surface area contributed by atoms with Gasteiger partial charge in [0.1, 0.15) is 30.5 Å². The third-order valence-corrected chi connectivity index (χ3v) is 14.5. The smallest absolute Gasteiger partial charge is 0.143 e. The summed E-state index contributed by atoms with van der Waals surface area (Å²) >= 11 is 3.12. The molecule has 4 unspecified atom stereocenters. The maximum atomic E-state index is 14.6. The first-order valence-electron chi connectivity index (χ1n) is 20.6. The van der Waals surface area contributed by atoms with E-state index in [1.165, 1.54) is 0 Å². The molecular formula is C45H48N10O3S2. The minimum Gasteiger partial charge on any atom is -0.490 e. The number of nitrogen functional groups attached to an aromatic ring is 2. The highest BCUT2D eigenvalue weighted by Crippen LogP contribution is 2.43. The first kappa shape index (κ1) is 38.6. The van der Waals surface area contributed by atoms with Crippen LogP contribution in [0.5, 0.6) is 11.5 Å². The van der Waals surface area contributed by atoms with Gasteiger partial charge in [-0.15, -0.1) is 22.7 Å². The van der Waals surface area contributed by atoms with E-state index in [4.69, 9.17) is 30.9 Å². The number of carbonyl (C=O) groups is 1. The summed E-state index contributed by atoms with van der Waals surface area (Å²) in [6.45, 7) is 4.39. The molecule has 13 nitrogen and oxygen atoms in total. The summed E-state index contributed by atoms with van der Waals surface area (Å²) in [4.78, 5) is 45.1. The molecule has 10 rings (SSSR count). The highest BCUT2D eigenvalue weighted by molar-refractivity contribution is 7.14. The summed E-state index contributed by atoms with van der Waals surface area (Å²) in [5.74, 6) is 2.06. The Kier molecular flexibility index (Phi) is 10.4. The number of hydrogen-bond acceptors (Lipinski definition) is 15. The number of ketones is 1. The molecule has 0 radical (unpaired) electrons. The third-order valence-electron chi connectivity index (χ3n) is 12.5. The summed E-state index contributed by atoms with van der Waals surface area (Å²) in [6, 6.07) is 16.5. The number of fused-ring (bicyclic) bond motifs is 2. The molecule has 4 aliphatic rings. The van der Waals surface area contributed by atoms with E-state index in [0.717, 1.165) is 130 Å². The van der Waals surface area contributed by atoms with E-state index in [-0.39, 0.29) is 24.2 Å². The SMILES string of the molecule is CN1CCC(C(=O)C2CCN(C)C(N3CCOc4cc(-c5cncc(-c6cc(N)cs6)n5)ccc43)C2)CC1N1CCOc2cc(-c3cncc(-c4cc(N)cs4)n3)ccc21. The van der Waals surface area contributed by atoms with Crippen molar-refractivity contribution in [3.63, 3.8) is 0 Å². The van der Waals surface area contributed by atoms with Crippen molar-refractivity contribution in [1.29, 1.82) is 0 Å². The van der Waals surface area contributed by atoms with Crippen LogP contribution in [0.2, 0.25) is 0 Å². The zero-order chi connectivity index (χ0) is 40.9.